The number of dihydropyridines is 1. The molecule has 2 aliphatic carbocycles. The van der Waals surface area contributed by atoms with Crippen molar-refractivity contribution >= 4 is 35.0 Å². The van der Waals surface area contributed by atoms with Crippen molar-refractivity contribution in [2.45, 2.75) is 45.6 Å². The van der Waals surface area contributed by atoms with E-state index in [0.29, 0.717) is 29.6 Å². The Balaban J connectivity index is 1.19. The summed E-state index contributed by atoms with van der Waals surface area (Å²) in [4.78, 5) is 66.9. The number of rotatable bonds is 4. The molecule has 0 saturated carbocycles. The number of ether oxygens (including phenoxy) is 1. The second-order valence-electron chi connectivity index (χ2n) is 12.2. The number of hydrogen-bond donors (Lipinski definition) is 1. The first-order valence-corrected chi connectivity index (χ1v) is 14.3. The van der Waals surface area contributed by atoms with Crippen molar-refractivity contribution in [3.05, 3.63) is 117 Å². The number of benzene rings is 3. The van der Waals surface area contributed by atoms with E-state index >= 15 is 0 Å². The summed E-state index contributed by atoms with van der Waals surface area (Å²) in [5.74, 6) is -2.31. The van der Waals surface area contributed by atoms with Gasteiger partial charge in [0.05, 0.1) is 16.8 Å². The number of esters is 1. The van der Waals surface area contributed by atoms with Gasteiger partial charge in [-0.25, -0.2) is 4.79 Å². The molecule has 2 atom stereocenters. The van der Waals surface area contributed by atoms with Crippen LogP contribution in [0.4, 0.5) is 0 Å². The van der Waals surface area contributed by atoms with Crippen LogP contribution in [0.3, 0.4) is 0 Å². The minimum atomic E-state index is -1.14. The van der Waals surface area contributed by atoms with Crippen molar-refractivity contribution in [3.8, 4) is 5.75 Å². The molecule has 2 aliphatic heterocycles. The maximum Gasteiger partial charge on any atom is 0.334 e. The third-order valence-corrected chi connectivity index (χ3v) is 8.71. The maximum absolute atomic E-state index is 13.7. The molecular weight excluding hydrogens is 544 g/mol. The zero-order chi connectivity index (χ0) is 30.2. The molecule has 0 unspecified atom stereocenters. The van der Waals surface area contributed by atoms with E-state index < -0.39 is 29.7 Å². The minimum absolute atomic E-state index is 0.00401. The quantitative estimate of drug-likeness (QED) is 0.260. The van der Waals surface area contributed by atoms with Crippen molar-refractivity contribution in [3.63, 3.8) is 0 Å². The van der Waals surface area contributed by atoms with Crippen molar-refractivity contribution < 1.29 is 28.7 Å². The Labute approximate surface area is 248 Å². The number of nitrogens with zero attached hydrogens (tertiary/aromatic N) is 1. The fourth-order valence-corrected chi connectivity index (χ4v) is 6.72. The summed E-state index contributed by atoms with van der Waals surface area (Å²) in [5.41, 5.74) is 5.15. The monoisotopic (exact) mass is 572 g/mol. The molecule has 7 rings (SSSR count). The standard InChI is InChI=1S/C35H28N2O6/c1-18(37-32(40)23-10-6-7-11-24(23)33(37)41)34(42)43-20-14-12-19(13-15-20)27-28-25(16-35(2,3)17-26(28)38)36-30-21-8-4-5-9-22(21)31(39)29(27)30/h4-15,18,27,36H,16-17H2,1-3H3/t18-,27+/m1/s1. The highest BCUT2D eigenvalue weighted by Gasteiger charge is 2.46. The summed E-state index contributed by atoms with van der Waals surface area (Å²) < 4.78 is 5.58. The molecule has 0 bridgehead atoms. The van der Waals surface area contributed by atoms with Crippen molar-refractivity contribution in [1.82, 2.24) is 10.2 Å². The van der Waals surface area contributed by atoms with E-state index in [1.54, 1.807) is 54.6 Å². The topological polar surface area (TPSA) is 110 Å². The summed E-state index contributed by atoms with van der Waals surface area (Å²) in [7, 11) is 0. The van der Waals surface area contributed by atoms with Gasteiger partial charge in [0.2, 0.25) is 0 Å². The Morgan fingerprint density at radius 1 is 0.814 bits per heavy atom. The van der Waals surface area contributed by atoms with E-state index in [1.807, 2.05) is 18.2 Å². The van der Waals surface area contributed by atoms with Crippen LogP contribution in [0.2, 0.25) is 0 Å². The molecule has 8 nitrogen and oxygen atoms in total. The summed E-state index contributed by atoms with van der Waals surface area (Å²) in [5, 5.41) is 3.47. The Kier molecular flexibility index (Phi) is 5.89. The number of ketones is 2. The molecule has 0 saturated heterocycles. The first-order chi connectivity index (χ1) is 20.6. The van der Waals surface area contributed by atoms with Crippen LogP contribution in [-0.4, -0.2) is 40.3 Å². The van der Waals surface area contributed by atoms with Gasteiger partial charge in [0.1, 0.15) is 11.8 Å². The number of amides is 2. The molecule has 0 fully saturated rings. The van der Waals surface area contributed by atoms with Gasteiger partial charge in [-0.15, -0.1) is 0 Å². The summed E-state index contributed by atoms with van der Waals surface area (Å²) >= 11 is 0. The van der Waals surface area contributed by atoms with Crippen LogP contribution >= 0.6 is 0 Å². The van der Waals surface area contributed by atoms with Gasteiger partial charge >= 0.3 is 5.97 Å². The normalized spacial score (nSPS) is 20.8. The molecule has 43 heavy (non-hydrogen) atoms. The first kappa shape index (κ1) is 26.8. The number of hydrogen-bond acceptors (Lipinski definition) is 7. The van der Waals surface area contributed by atoms with Gasteiger partial charge in [-0.05, 0) is 48.6 Å². The average Bonchev–Trinajstić information content (AvgIpc) is 3.41. The van der Waals surface area contributed by atoms with Crippen LogP contribution in [0.25, 0.3) is 5.70 Å². The second-order valence-corrected chi connectivity index (χ2v) is 12.2. The zero-order valence-corrected chi connectivity index (χ0v) is 23.9. The zero-order valence-electron chi connectivity index (χ0n) is 23.9. The fraction of sp³-hybridized carbons (Fsp3) is 0.229. The molecule has 0 spiro atoms. The molecule has 3 aromatic carbocycles. The van der Waals surface area contributed by atoms with Gasteiger partial charge in [-0.1, -0.05) is 62.4 Å². The van der Waals surface area contributed by atoms with Gasteiger partial charge in [0.15, 0.2) is 11.6 Å². The summed E-state index contributed by atoms with van der Waals surface area (Å²) in [6, 6.07) is 19.5. The largest absolute Gasteiger partial charge is 0.425 e. The second kappa shape index (κ2) is 9.46. The van der Waals surface area contributed by atoms with Gasteiger partial charge in [-0.3, -0.25) is 24.1 Å². The highest BCUT2D eigenvalue weighted by molar-refractivity contribution is 6.24. The lowest BCUT2D eigenvalue weighted by Gasteiger charge is -2.39. The lowest BCUT2D eigenvalue weighted by atomic mass is 9.68. The van der Waals surface area contributed by atoms with E-state index in [9.17, 15) is 24.0 Å². The van der Waals surface area contributed by atoms with Crippen LogP contribution in [0.5, 0.6) is 5.75 Å². The summed E-state index contributed by atoms with van der Waals surface area (Å²) in [6.45, 7) is 5.58. The number of imide groups is 1. The molecule has 214 valence electrons. The molecule has 2 amide bonds. The van der Waals surface area contributed by atoms with E-state index in [0.717, 1.165) is 27.4 Å². The van der Waals surface area contributed by atoms with Crippen molar-refractivity contribution in [2.24, 2.45) is 5.41 Å². The van der Waals surface area contributed by atoms with Crippen molar-refractivity contribution in [2.75, 3.05) is 0 Å². The number of fused-ring (bicyclic) bond motifs is 3. The van der Waals surface area contributed by atoms with E-state index in [1.165, 1.54) is 6.92 Å². The molecule has 2 heterocycles. The maximum atomic E-state index is 13.7. The first-order valence-electron chi connectivity index (χ1n) is 14.3. The van der Waals surface area contributed by atoms with Gasteiger partial charge in [0.25, 0.3) is 11.8 Å². The Bertz CT molecular complexity index is 1830. The van der Waals surface area contributed by atoms with Crippen LogP contribution < -0.4 is 10.1 Å². The van der Waals surface area contributed by atoms with Gasteiger partial charge < -0.3 is 10.1 Å². The minimum Gasteiger partial charge on any atom is -0.425 e. The third kappa shape index (κ3) is 4.08. The van der Waals surface area contributed by atoms with Crippen LogP contribution in [0.15, 0.2) is 89.6 Å². The van der Waals surface area contributed by atoms with E-state index in [2.05, 4.69) is 19.2 Å². The number of Topliss-reactive ketones (excluding diaryl/α,β-unsaturated/α-hetero) is 2. The van der Waals surface area contributed by atoms with Crippen molar-refractivity contribution in [1.29, 1.82) is 0 Å². The third-order valence-electron chi connectivity index (χ3n) is 8.71. The van der Waals surface area contributed by atoms with Gasteiger partial charge in [0, 0.05) is 40.3 Å². The number of carbonyl (C=O) groups is 5. The highest BCUT2D eigenvalue weighted by Crippen LogP contribution is 2.51. The predicted molar refractivity (Wildman–Crippen MR) is 157 cm³/mol. The molecule has 0 aromatic heterocycles. The smallest absolute Gasteiger partial charge is 0.334 e. The van der Waals surface area contributed by atoms with E-state index in [4.69, 9.17) is 4.74 Å². The average molecular weight is 573 g/mol. The van der Waals surface area contributed by atoms with E-state index in [-0.39, 0.29) is 33.9 Å². The number of carbonyl (C=O) groups excluding carboxylic acids is 5. The number of allylic oxidation sites excluding steroid dienone is 3. The fourth-order valence-electron chi connectivity index (χ4n) is 6.72. The van der Waals surface area contributed by atoms with Crippen LogP contribution in [0.1, 0.15) is 81.7 Å². The molecule has 4 aliphatic rings. The SMILES string of the molecule is C[C@H](C(=O)Oc1ccc([C@H]2C3=C(CC(C)(C)CC3=O)NC3=C2C(=O)c2ccccc23)cc1)N1C(=O)c2ccccc2C1=O. The lowest BCUT2D eigenvalue weighted by Crippen LogP contribution is -2.44. The Hall–Kier alpha value is -5.11. The Morgan fingerprint density at radius 3 is 2.02 bits per heavy atom. The molecule has 0 radical (unpaired) electrons. The van der Waals surface area contributed by atoms with Gasteiger partial charge in [-0.2, -0.15) is 0 Å². The molecule has 8 heteroatoms. The highest BCUT2D eigenvalue weighted by atomic mass is 16.5. The lowest BCUT2D eigenvalue weighted by molar-refractivity contribution is -0.138. The van der Waals surface area contributed by atoms with Crippen LogP contribution in [0, 0.1) is 5.41 Å². The predicted octanol–water partition coefficient (Wildman–Crippen LogP) is 5.21. The van der Waals surface area contributed by atoms with Crippen LogP contribution in [-0.2, 0) is 9.59 Å². The Morgan fingerprint density at radius 2 is 1.40 bits per heavy atom. The molecule has 1 N–H and O–H groups in total. The molecule has 3 aromatic rings. The summed E-state index contributed by atoms with van der Waals surface area (Å²) in [6.07, 6.45) is 1.04. The molecular formula is C35H28N2O6. The number of nitrogens with one attached hydrogen (secondary N) is 1.